The van der Waals surface area contributed by atoms with Crippen molar-refractivity contribution >= 4 is 27.5 Å². The number of sulfonamides is 1. The van der Waals surface area contributed by atoms with E-state index in [0.717, 1.165) is 17.0 Å². The van der Waals surface area contributed by atoms with Crippen molar-refractivity contribution in [1.29, 1.82) is 0 Å². The van der Waals surface area contributed by atoms with E-state index in [-0.39, 0.29) is 10.6 Å². The molecule has 0 aliphatic heterocycles. The Hall–Kier alpha value is -1.73. The fourth-order valence-electron chi connectivity index (χ4n) is 1.71. The summed E-state index contributed by atoms with van der Waals surface area (Å²) in [7, 11) is -2.51. The number of hydrogen-bond acceptors (Lipinski definition) is 4. The zero-order chi connectivity index (χ0) is 15.5. The fourth-order valence-corrected chi connectivity index (χ4v) is 3.23. The number of rotatable bonds is 5. The number of nitrogens with one attached hydrogen (secondary N) is 1. The van der Waals surface area contributed by atoms with Gasteiger partial charge in [0.15, 0.2) is 11.6 Å². The smallest absolute Gasteiger partial charge is 0.262 e. The van der Waals surface area contributed by atoms with Crippen molar-refractivity contribution in [2.24, 2.45) is 0 Å². The van der Waals surface area contributed by atoms with E-state index in [9.17, 15) is 12.8 Å². The molecule has 0 spiro atoms. The first-order valence-corrected chi connectivity index (χ1v) is 8.67. The second kappa shape index (κ2) is 6.36. The number of halogens is 1. The molecule has 2 aromatic carbocycles. The number of benzene rings is 2. The molecule has 0 bridgehead atoms. The largest absolute Gasteiger partial charge is 0.494 e. The highest BCUT2D eigenvalue weighted by Crippen LogP contribution is 2.25. The third-order valence-electron chi connectivity index (χ3n) is 2.75. The maximum absolute atomic E-state index is 13.3. The van der Waals surface area contributed by atoms with E-state index < -0.39 is 15.8 Å². The molecule has 7 heteroatoms. The van der Waals surface area contributed by atoms with Gasteiger partial charge in [-0.15, -0.1) is 11.8 Å². The Morgan fingerprint density at radius 2 is 1.95 bits per heavy atom. The second-order valence-corrected chi connectivity index (χ2v) is 6.70. The quantitative estimate of drug-likeness (QED) is 0.856. The minimum absolute atomic E-state index is 0.0599. The predicted octanol–water partition coefficient (Wildman–Crippen LogP) is 3.36. The Morgan fingerprint density at radius 1 is 1.19 bits per heavy atom. The zero-order valence-corrected chi connectivity index (χ0v) is 13.1. The molecule has 2 aromatic rings. The first-order valence-electron chi connectivity index (χ1n) is 5.96. The Morgan fingerprint density at radius 3 is 2.62 bits per heavy atom. The molecule has 0 heterocycles. The van der Waals surface area contributed by atoms with Crippen LogP contribution in [0.15, 0.2) is 52.3 Å². The van der Waals surface area contributed by atoms with E-state index in [1.165, 1.54) is 24.9 Å². The first kappa shape index (κ1) is 15.7. The van der Waals surface area contributed by atoms with E-state index in [1.807, 2.05) is 12.3 Å². The van der Waals surface area contributed by atoms with Crippen LogP contribution in [-0.4, -0.2) is 21.8 Å². The maximum Gasteiger partial charge on any atom is 0.262 e. The Kier molecular flexibility index (Phi) is 4.74. The molecule has 112 valence electrons. The summed E-state index contributed by atoms with van der Waals surface area (Å²) in [4.78, 5) is 0.877. The summed E-state index contributed by atoms with van der Waals surface area (Å²) in [5.74, 6) is -0.725. The lowest BCUT2D eigenvalue weighted by molar-refractivity contribution is 0.385. The number of thioether (sulfide) groups is 1. The molecular formula is C14H14FNO3S2. The van der Waals surface area contributed by atoms with Crippen LogP contribution in [0.5, 0.6) is 5.75 Å². The van der Waals surface area contributed by atoms with Gasteiger partial charge in [-0.2, -0.15) is 0 Å². The lowest BCUT2D eigenvalue weighted by Gasteiger charge is -2.10. The summed E-state index contributed by atoms with van der Waals surface area (Å²) in [6.07, 6.45) is 1.90. The molecule has 0 amide bonds. The average molecular weight is 327 g/mol. The van der Waals surface area contributed by atoms with Gasteiger partial charge in [0, 0.05) is 16.6 Å². The van der Waals surface area contributed by atoms with Crippen LogP contribution in [0, 0.1) is 5.82 Å². The van der Waals surface area contributed by atoms with Gasteiger partial charge >= 0.3 is 0 Å². The van der Waals surface area contributed by atoms with Crippen LogP contribution in [-0.2, 0) is 10.0 Å². The van der Waals surface area contributed by atoms with Crippen LogP contribution < -0.4 is 9.46 Å². The molecule has 1 N–H and O–H groups in total. The monoisotopic (exact) mass is 327 g/mol. The van der Waals surface area contributed by atoms with Gasteiger partial charge in [-0.25, -0.2) is 12.8 Å². The number of methoxy groups -OCH3 is 1. The van der Waals surface area contributed by atoms with Crippen molar-refractivity contribution in [3.63, 3.8) is 0 Å². The topological polar surface area (TPSA) is 55.4 Å². The second-order valence-electron chi connectivity index (χ2n) is 4.13. The highest BCUT2D eigenvalue weighted by molar-refractivity contribution is 7.98. The van der Waals surface area contributed by atoms with Gasteiger partial charge in [0.25, 0.3) is 10.0 Å². The normalized spacial score (nSPS) is 11.2. The van der Waals surface area contributed by atoms with E-state index >= 15 is 0 Å². The lowest BCUT2D eigenvalue weighted by atomic mass is 10.3. The van der Waals surface area contributed by atoms with Gasteiger partial charge in [-0.3, -0.25) is 4.72 Å². The molecule has 0 aliphatic carbocycles. The molecule has 4 nitrogen and oxygen atoms in total. The van der Waals surface area contributed by atoms with Crippen molar-refractivity contribution in [2.45, 2.75) is 9.79 Å². The van der Waals surface area contributed by atoms with Crippen LogP contribution in [0.4, 0.5) is 10.1 Å². The minimum atomic E-state index is -3.79. The number of anilines is 1. The number of hydrogen-bond donors (Lipinski definition) is 1. The summed E-state index contributed by atoms with van der Waals surface area (Å²) < 4.78 is 45.2. The molecule has 0 saturated heterocycles. The summed E-state index contributed by atoms with van der Waals surface area (Å²) in [6.45, 7) is 0. The number of ether oxygens (including phenoxy) is 1. The zero-order valence-electron chi connectivity index (χ0n) is 11.5. The third-order valence-corrected chi connectivity index (χ3v) is 4.86. The average Bonchev–Trinajstić information content (AvgIpc) is 2.47. The van der Waals surface area contributed by atoms with Gasteiger partial charge in [-0.1, -0.05) is 6.07 Å². The molecule has 0 radical (unpaired) electrons. The lowest BCUT2D eigenvalue weighted by Crippen LogP contribution is -2.13. The molecule has 0 unspecified atom stereocenters. The predicted molar refractivity (Wildman–Crippen MR) is 82.0 cm³/mol. The third kappa shape index (κ3) is 3.68. The van der Waals surface area contributed by atoms with Crippen molar-refractivity contribution in [2.75, 3.05) is 18.1 Å². The first-order chi connectivity index (χ1) is 9.96. The van der Waals surface area contributed by atoms with Crippen molar-refractivity contribution in [1.82, 2.24) is 0 Å². The molecule has 0 atom stereocenters. The summed E-state index contributed by atoms with van der Waals surface area (Å²) in [6, 6.07) is 10.4. The van der Waals surface area contributed by atoms with Crippen LogP contribution in [0.2, 0.25) is 0 Å². The van der Waals surface area contributed by atoms with Gasteiger partial charge in [0.05, 0.1) is 12.0 Å². The molecular weight excluding hydrogens is 313 g/mol. The Bertz CT molecular complexity index is 748. The van der Waals surface area contributed by atoms with Crippen LogP contribution in [0.25, 0.3) is 0 Å². The van der Waals surface area contributed by atoms with Crippen molar-refractivity contribution in [3.05, 3.63) is 48.3 Å². The van der Waals surface area contributed by atoms with Gasteiger partial charge in [0.1, 0.15) is 0 Å². The molecule has 2 rings (SSSR count). The van der Waals surface area contributed by atoms with E-state index in [0.29, 0.717) is 5.69 Å². The summed E-state index contributed by atoms with van der Waals surface area (Å²) >= 11 is 1.51. The van der Waals surface area contributed by atoms with Gasteiger partial charge in [-0.05, 0) is 36.6 Å². The fraction of sp³-hybridized carbons (Fsp3) is 0.143. The van der Waals surface area contributed by atoms with Gasteiger partial charge < -0.3 is 4.74 Å². The molecule has 0 fully saturated rings. The van der Waals surface area contributed by atoms with Gasteiger partial charge in [0.2, 0.25) is 0 Å². The molecule has 0 saturated carbocycles. The van der Waals surface area contributed by atoms with Crippen LogP contribution in [0.3, 0.4) is 0 Å². The van der Waals surface area contributed by atoms with Crippen LogP contribution in [0.1, 0.15) is 0 Å². The summed E-state index contributed by atoms with van der Waals surface area (Å²) in [5, 5.41) is 0. The molecule has 0 aromatic heterocycles. The Labute approximate surface area is 127 Å². The van der Waals surface area contributed by atoms with Crippen molar-refractivity contribution < 1.29 is 17.5 Å². The summed E-state index contributed by atoms with van der Waals surface area (Å²) in [5.41, 5.74) is 0.449. The molecule has 0 aliphatic rings. The standard InChI is InChI=1S/C14H14FNO3S2/c1-19-14-9-12(6-7-13(14)15)21(17,18)16-10-4-3-5-11(8-10)20-2/h3-9,16H,1-2H3. The van der Waals surface area contributed by atoms with E-state index in [2.05, 4.69) is 4.72 Å². The van der Waals surface area contributed by atoms with E-state index in [4.69, 9.17) is 4.74 Å². The molecule has 21 heavy (non-hydrogen) atoms. The highest BCUT2D eigenvalue weighted by atomic mass is 32.2. The minimum Gasteiger partial charge on any atom is -0.494 e. The maximum atomic E-state index is 13.3. The van der Waals surface area contributed by atoms with Crippen LogP contribution >= 0.6 is 11.8 Å². The highest BCUT2D eigenvalue weighted by Gasteiger charge is 2.17. The SMILES string of the molecule is COc1cc(S(=O)(=O)Nc2cccc(SC)c2)ccc1F. The van der Waals surface area contributed by atoms with Crippen molar-refractivity contribution in [3.8, 4) is 5.75 Å². The Balaban J connectivity index is 2.33. The van der Waals surface area contributed by atoms with E-state index in [1.54, 1.807) is 18.2 Å².